The van der Waals surface area contributed by atoms with Crippen LogP contribution in [0.2, 0.25) is 0 Å². The number of rotatable bonds is 2. The number of aromatic hydroxyl groups is 1. The molecule has 0 aliphatic rings. The van der Waals surface area contributed by atoms with Crippen molar-refractivity contribution in [3.63, 3.8) is 0 Å². The van der Waals surface area contributed by atoms with E-state index < -0.39 is 0 Å². The van der Waals surface area contributed by atoms with E-state index in [1.165, 1.54) is 6.07 Å². The van der Waals surface area contributed by atoms with Gasteiger partial charge in [-0.1, -0.05) is 24.0 Å². The molecule has 0 bridgehead atoms. The molecule has 3 nitrogen and oxygen atoms in total. The fraction of sp³-hybridized carbons (Fsp3) is 0.182. The Morgan fingerprint density at radius 2 is 2.29 bits per heavy atom. The highest BCUT2D eigenvalue weighted by Crippen LogP contribution is 2.18. The molecule has 3 heteroatoms. The summed E-state index contributed by atoms with van der Waals surface area (Å²) in [7, 11) is 0. The quantitative estimate of drug-likeness (QED) is 0.536. The lowest BCUT2D eigenvalue weighted by Gasteiger charge is -1.98. The minimum absolute atomic E-state index is 0.0270. The largest absolute Gasteiger partial charge is 0.507 e. The molecule has 0 fully saturated rings. The summed E-state index contributed by atoms with van der Waals surface area (Å²) in [6.07, 6.45) is 1.22. The number of carbonyl (C=O) groups excluding carboxylic acids is 1. The van der Waals surface area contributed by atoms with Crippen molar-refractivity contribution in [2.45, 2.75) is 6.42 Å². The third-order valence-electron chi connectivity index (χ3n) is 1.68. The lowest BCUT2D eigenvalue weighted by atomic mass is 10.1. The van der Waals surface area contributed by atoms with Gasteiger partial charge >= 0.3 is 0 Å². The van der Waals surface area contributed by atoms with E-state index in [0.717, 1.165) is 0 Å². The first kappa shape index (κ1) is 10.3. The number of phenolic OH excluding ortho intramolecular Hbond substituents is 1. The van der Waals surface area contributed by atoms with E-state index in [1.54, 1.807) is 12.1 Å². The monoisotopic (exact) mass is 189 g/mol. The zero-order valence-corrected chi connectivity index (χ0v) is 7.66. The van der Waals surface area contributed by atoms with Crippen molar-refractivity contribution in [2.75, 3.05) is 6.54 Å². The van der Waals surface area contributed by atoms with Crippen molar-refractivity contribution < 1.29 is 9.90 Å². The van der Waals surface area contributed by atoms with Gasteiger partial charge in [0.1, 0.15) is 5.75 Å². The molecule has 0 aliphatic carbocycles. The molecule has 1 aromatic rings. The Morgan fingerprint density at radius 1 is 1.50 bits per heavy atom. The highest BCUT2D eigenvalue weighted by Gasteiger charge is 2.02. The first-order valence-electron chi connectivity index (χ1n) is 4.25. The summed E-state index contributed by atoms with van der Waals surface area (Å²) >= 11 is 0. The Kier molecular flexibility index (Phi) is 3.71. The Bertz CT molecular complexity index is 388. The molecule has 3 N–H and O–H groups in total. The Balaban J connectivity index is 3.06. The fourth-order valence-corrected chi connectivity index (χ4v) is 1.01. The molecule has 0 unspecified atom stereocenters. The van der Waals surface area contributed by atoms with Gasteiger partial charge in [-0.2, -0.15) is 0 Å². The van der Waals surface area contributed by atoms with Gasteiger partial charge in [-0.05, 0) is 6.07 Å². The van der Waals surface area contributed by atoms with Crippen molar-refractivity contribution in [1.29, 1.82) is 0 Å². The maximum absolute atomic E-state index is 10.6. The summed E-state index contributed by atoms with van der Waals surface area (Å²) in [5.41, 5.74) is 6.04. The predicted octanol–water partition coefficient (Wildman–Crippen LogP) is 0.905. The van der Waals surface area contributed by atoms with Gasteiger partial charge in [0, 0.05) is 18.5 Å². The van der Waals surface area contributed by atoms with Crippen molar-refractivity contribution in [2.24, 2.45) is 5.73 Å². The first-order valence-corrected chi connectivity index (χ1v) is 4.25. The number of phenols is 1. The van der Waals surface area contributed by atoms with Gasteiger partial charge in [-0.15, -0.1) is 0 Å². The van der Waals surface area contributed by atoms with Crippen LogP contribution in [0.3, 0.4) is 0 Å². The van der Waals surface area contributed by atoms with Gasteiger partial charge in [0.05, 0.1) is 5.56 Å². The predicted molar refractivity (Wildman–Crippen MR) is 54.0 cm³/mol. The average molecular weight is 189 g/mol. The first-order chi connectivity index (χ1) is 6.79. The second-order valence-electron chi connectivity index (χ2n) is 2.70. The van der Waals surface area contributed by atoms with Crippen LogP contribution in [0.4, 0.5) is 0 Å². The minimum atomic E-state index is 0.0270. The second-order valence-corrected chi connectivity index (χ2v) is 2.70. The van der Waals surface area contributed by atoms with Gasteiger partial charge in [-0.3, -0.25) is 4.79 Å². The highest BCUT2D eigenvalue weighted by atomic mass is 16.3. The maximum atomic E-state index is 10.6. The highest BCUT2D eigenvalue weighted by molar-refractivity contribution is 5.81. The summed E-state index contributed by atoms with van der Waals surface area (Å²) in [6.45, 7) is 0.469. The van der Waals surface area contributed by atoms with Crippen LogP contribution in [0.5, 0.6) is 5.75 Å². The average Bonchev–Trinajstić information content (AvgIpc) is 2.20. The molecule has 0 aromatic heterocycles. The molecule has 1 rings (SSSR count). The van der Waals surface area contributed by atoms with Crippen LogP contribution in [-0.4, -0.2) is 17.9 Å². The molecule has 0 saturated heterocycles. The van der Waals surface area contributed by atoms with E-state index in [2.05, 4.69) is 11.8 Å². The summed E-state index contributed by atoms with van der Waals surface area (Å²) < 4.78 is 0. The van der Waals surface area contributed by atoms with E-state index >= 15 is 0 Å². The van der Waals surface area contributed by atoms with Crippen LogP contribution < -0.4 is 5.73 Å². The number of aldehydes is 1. The maximum Gasteiger partial charge on any atom is 0.151 e. The van der Waals surface area contributed by atoms with Crippen molar-refractivity contribution in [3.05, 3.63) is 29.3 Å². The van der Waals surface area contributed by atoms with Gasteiger partial charge in [0.25, 0.3) is 0 Å². The molecular formula is C11H11NO2. The lowest BCUT2D eigenvalue weighted by molar-refractivity contribution is 0.112. The summed E-state index contributed by atoms with van der Waals surface area (Å²) in [5.74, 6) is 5.52. The topological polar surface area (TPSA) is 63.3 Å². The molecule has 14 heavy (non-hydrogen) atoms. The number of carbonyl (C=O) groups is 1. The molecule has 1 aromatic carbocycles. The van der Waals surface area contributed by atoms with Crippen LogP contribution in [0.1, 0.15) is 22.3 Å². The van der Waals surface area contributed by atoms with Crippen molar-refractivity contribution in [3.8, 4) is 17.6 Å². The molecular weight excluding hydrogens is 178 g/mol. The standard InChI is InChI=1S/C11H11NO2/c12-7-2-1-5-10-9(8-13)4-3-6-11(10)14/h3-4,6,8,14H,2,7,12H2. The Labute approximate surface area is 82.6 Å². The zero-order valence-electron chi connectivity index (χ0n) is 7.66. The number of hydrogen-bond donors (Lipinski definition) is 2. The fourth-order valence-electron chi connectivity index (χ4n) is 1.01. The number of benzene rings is 1. The molecule has 0 radical (unpaired) electrons. The third kappa shape index (κ3) is 2.35. The third-order valence-corrected chi connectivity index (χ3v) is 1.68. The smallest absolute Gasteiger partial charge is 0.151 e. The molecule has 72 valence electrons. The van der Waals surface area contributed by atoms with Gasteiger partial charge in [0.2, 0.25) is 0 Å². The normalized spacial score (nSPS) is 8.93. The molecule has 0 atom stereocenters. The van der Waals surface area contributed by atoms with Gasteiger partial charge in [0.15, 0.2) is 6.29 Å². The zero-order chi connectivity index (χ0) is 10.4. The minimum Gasteiger partial charge on any atom is -0.507 e. The number of hydrogen-bond acceptors (Lipinski definition) is 3. The summed E-state index contributed by atoms with van der Waals surface area (Å²) in [5, 5.41) is 9.43. The van der Waals surface area contributed by atoms with Crippen LogP contribution in [0.25, 0.3) is 0 Å². The van der Waals surface area contributed by atoms with Crippen molar-refractivity contribution in [1.82, 2.24) is 0 Å². The molecule has 0 heterocycles. The molecule has 0 saturated carbocycles. The van der Waals surface area contributed by atoms with E-state index in [0.29, 0.717) is 30.4 Å². The Hall–Kier alpha value is -1.79. The second kappa shape index (κ2) is 5.05. The van der Waals surface area contributed by atoms with Crippen LogP contribution >= 0.6 is 0 Å². The van der Waals surface area contributed by atoms with E-state index in [4.69, 9.17) is 5.73 Å². The summed E-state index contributed by atoms with van der Waals surface area (Å²) in [6, 6.07) is 4.71. The van der Waals surface area contributed by atoms with Crippen LogP contribution in [0.15, 0.2) is 18.2 Å². The molecule has 0 amide bonds. The van der Waals surface area contributed by atoms with E-state index in [1.807, 2.05) is 0 Å². The van der Waals surface area contributed by atoms with Crippen molar-refractivity contribution >= 4 is 6.29 Å². The van der Waals surface area contributed by atoms with Crippen LogP contribution in [-0.2, 0) is 0 Å². The van der Waals surface area contributed by atoms with E-state index in [9.17, 15) is 9.90 Å². The number of nitrogens with two attached hydrogens (primary N) is 1. The lowest BCUT2D eigenvalue weighted by Crippen LogP contribution is -1.95. The van der Waals surface area contributed by atoms with Gasteiger partial charge in [-0.25, -0.2) is 0 Å². The Morgan fingerprint density at radius 3 is 2.93 bits per heavy atom. The molecule has 0 spiro atoms. The van der Waals surface area contributed by atoms with Gasteiger partial charge < -0.3 is 10.8 Å². The summed E-state index contributed by atoms with van der Waals surface area (Å²) in [4.78, 5) is 10.6. The van der Waals surface area contributed by atoms with Crippen LogP contribution in [0, 0.1) is 11.8 Å². The van der Waals surface area contributed by atoms with E-state index in [-0.39, 0.29) is 5.75 Å². The molecule has 0 aliphatic heterocycles. The SMILES string of the molecule is NCCC#Cc1c(O)cccc1C=O.